The molecule has 4 N–H and O–H groups in total. The van der Waals surface area contributed by atoms with Gasteiger partial charge >= 0.3 is 6.03 Å². The lowest BCUT2D eigenvalue weighted by Gasteiger charge is -2.16. The summed E-state index contributed by atoms with van der Waals surface area (Å²) in [5.74, 6) is -0.276. The molecule has 0 saturated carbocycles. The summed E-state index contributed by atoms with van der Waals surface area (Å²) >= 11 is 0. The Hall–Kier alpha value is -2.90. The molecule has 7 nitrogen and oxygen atoms in total. The summed E-state index contributed by atoms with van der Waals surface area (Å²) in [6.45, 7) is 2.42. The second-order valence-electron chi connectivity index (χ2n) is 6.32. The molecule has 0 atom stereocenters. The van der Waals surface area contributed by atoms with Crippen LogP contribution in [0.25, 0.3) is 11.1 Å². The zero-order chi connectivity index (χ0) is 20.4. The van der Waals surface area contributed by atoms with Gasteiger partial charge in [0, 0.05) is 25.3 Å². The molecule has 0 saturated heterocycles. The van der Waals surface area contributed by atoms with E-state index in [0.29, 0.717) is 17.0 Å². The Bertz CT molecular complexity index is 760. The van der Waals surface area contributed by atoms with E-state index in [1.165, 1.54) is 5.56 Å². The van der Waals surface area contributed by atoms with Gasteiger partial charge in [-0.25, -0.2) is 9.86 Å². The summed E-state index contributed by atoms with van der Waals surface area (Å²) in [5.41, 5.74) is 3.90. The number of benzene rings is 2. The minimum absolute atomic E-state index is 0.0371. The summed E-state index contributed by atoms with van der Waals surface area (Å²) in [6.07, 6.45) is 1.41. The molecule has 3 amide bonds. The van der Waals surface area contributed by atoms with E-state index in [-0.39, 0.29) is 32.1 Å². The number of carbonyl (C=O) groups is 2. The molecule has 0 radical (unpaired) electrons. The molecule has 0 aliphatic heterocycles. The number of hydrogen-bond acceptors (Lipinski definition) is 4. The van der Waals surface area contributed by atoms with E-state index in [1.54, 1.807) is 12.1 Å². The molecule has 2 rings (SSSR count). The molecule has 0 spiro atoms. The van der Waals surface area contributed by atoms with Crippen LogP contribution in [-0.4, -0.2) is 53.6 Å². The smallest absolute Gasteiger partial charge is 0.341 e. The number of amides is 3. The molecule has 0 unspecified atom stereocenters. The predicted molar refractivity (Wildman–Crippen MR) is 107 cm³/mol. The van der Waals surface area contributed by atoms with Crippen LogP contribution in [0.5, 0.6) is 0 Å². The van der Waals surface area contributed by atoms with Crippen LogP contribution in [0.1, 0.15) is 29.3 Å². The third-order valence-corrected chi connectivity index (χ3v) is 4.30. The number of aryl methyl sites for hydroxylation is 1. The molecule has 2 aromatic rings. The maximum atomic E-state index is 12.2. The average molecular weight is 385 g/mol. The Morgan fingerprint density at radius 2 is 1.54 bits per heavy atom. The van der Waals surface area contributed by atoms with E-state index in [0.717, 1.165) is 17.5 Å². The maximum absolute atomic E-state index is 12.2. The standard InChI is InChI=1S/C21H27N3O4/c1-2-16-4-6-17(7-5-16)18-8-10-19(11-9-18)20(26)22-13-14-24(28)21(27)23-12-3-15-25/h4-11,25,28H,2-3,12-15H2,1H3,(H,22,26)(H,23,27). The number of carbonyl (C=O) groups excluding carboxylic acids is 2. The summed E-state index contributed by atoms with van der Waals surface area (Å²) in [5, 5.41) is 23.9. The molecule has 28 heavy (non-hydrogen) atoms. The normalized spacial score (nSPS) is 10.4. The van der Waals surface area contributed by atoms with E-state index in [4.69, 9.17) is 5.11 Å². The molecule has 0 aliphatic carbocycles. The molecule has 0 aliphatic rings. The number of nitrogens with one attached hydrogen (secondary N) is 2. The molecule has 0 fully saturated rings. The van der Waals surface area contributed by atoms with Crippen LogP contribution in [0.4, 0.5) is 4.79 Å². The summed E-state index contributed by atoms with van der Waals surface area (Å²) in [6, 6.07) is 14.9. The van der Waals surface area contributed by atoms with Gasteiger partial charge in [-0.15, -0.1) is 0 Å². The van der Waals surface area contributed by atoms with Crippen LogP contribution in [-0.2, 0) is 6.42 Å². The van der Waals surface area contributed by atoms with Crippen LogP contribution >= 0.6 is 0 Å². The number of aliphatic hydroxyl groups excluding tert-OH is 1. The van der Waals surface area contributed by atoms with Gasteiger partial charge < -0.3 is 15.7 Å². The summed E-state index contributed by atoms with van der Waals surface area (Å²) in [4.78, 5) is 23.7. The first-order chi connectivity index (χ1) is 13.5. The molecule has 0 heterocycles. The van der Waals surface area contributed by atoms with Crippen molar-refractivity contribution in [2.75, 3.05) is 26.2 Å². The van der Waals surface area contributed by atoms with E-state index in [9.17, 15) is 14.8 Å². The SMILES string of the molecule is CCc1ccc(-c2ccc(C(=O)NCCN(O)C(=O)NCCCO)cc2)cc1. The van der Waals surface area contributed by atoms with Gasteiger partial charge in [0.1, 0.15) is 0 Å². The third kappa shape index (κ3) is 6.37. The van der Waals surface area contributed by atoms with Gasteiger partial charge in [0.15, 0.2) is 0 Å². The highest BCUT2D eigenvalue weighted by Crippen LogP contribution is 2.20. The Morgan fingerprint density at radius 3 is 2.11 bits per heavy atom. The molecule has 0 bridgehead atoms. The second-order valence-corrected chi connectivity index (χ2v) is 6.32. The predicted octanol–water partition coefficient (Wildman–Crippen LogP) is 2.43. The summed E-state index contributed by atoms with van der Waals surface area (Å²) in [7, 11) is 0. The van der Waals surface area contributed by atoms with Crippen molar-refractivity contribution in [2.24, 2.45) is 0 Å². The molecule has 0 aromatic heterocycles. The highest BCUT2D eigenvalue weighted by molar-refractivity contribution is 5.94. The van der Waals surface area contributed by atoms with E-state index in [1.807, 2.05) is 12.1 Å². The van der Waals surface area contributed by atoms with Crippen molar-refractivity contribution in [1.29, 1.82) is 0 Å². The van der Waals surface area contributed by atoms with Gasteiger partial charge in [-0.3, -0.25) is 10.0 Å². The minimum Gasteiger partial charge on any atom is -0.396 e. The number of nitrogens with zero attached hydrogens (tertiary/aromatic N) is 1. The van der Waals surface area contributed by atoms with Crippen molar-refractivity contribution in [3.05, 3.63) is 59.7 Å². The minimum atomic E-state index is -0.666. The van der Waals surface area contributed by atoms with Gasteiger partial charge in [0.2, 0.25) is 0 Å². The number of hydrogen-bond donors (Lipinski definition) is 4. The van der Waals surface area contributed by atoms with Crippen molar-refractivity contribution in [3.63, 3.8) is 0 Å². The first-order valence-corrected chi connectivity index (χ1v) is 9.37. The van der Waals surface area contributed by atoms with Crippen LogP contribution < -0.4 is 10.6 Å². The number of urea groups is 1. The van der Waals surface area contributed by atoms with E-state index >= 15 is 0 Å². The zero-order valence-electron chi connectivity index (χ0n) is 16.0. The van der Waals surface area contributed by atoms with E-state index in [2.05, 4.69) is 41.8 Å². The van der Waals surface area contributed by atoms with Gasteiger partial charge in [-0.1, -0.05) is 43.3 Å². The average Bonchev–Trinajstić information content (AvgIpc) is 2.73. The zero-order valence-corrected chi connectivity index (χ0v) is 16.0. The fraction of sp³-hybridized carbons (Fsp3) is 0.333. The molecular formula is C21H27N3O4. The van der Waals surface area contributed by atoms with Crippen molar-refractivity contribution < 1.29 is 19.9 Å². The van der Waals surface area contributed by atoms with E-state index < -0.39 is 6.03 Å². The second kappa shape index (κ2) is 11.1. The topological polar surface area (TPSA) is 102 Å². The Balaban J connectivity index is 1.81. The first kappa shape index (κ1) is 21.4. The maximum Gasteiger partial charge on any atom is 0.341 e. The number of rotatable bonds is 9. The van der Waals surface area contributed by atoms with Crippen LogP contribution in [0.2, 0.25) is 0 Å². The Labute approximate surface area is 164 Å². The molecule has 7 heteroatoms. The quantitative estimate of drug-likeness (QED) is 0.302. The van der Waals surface area contributed by atoms with Crippen LogP contribution in [0.3, 0.4) is 0 Å². The Morgan fingerprint density at radius 1 is 0.929 bits per heavy atom. The van der Waals surface area contributed by atoms with Crippen molar-refractivity contribution >= 4 is 11.9 Å². The third-order valence-electron chi connectivity index (χ3n) is 4.30. The highest BCUT2D eigenvalue weighted by Gasteiger charge is 2.11. The van der Waals surface area contributed by atoms with Crippen molar-refractivity contribution in [1.82, 2.24) is 15.7 Å². The number of hydroxylamine groups is 2. The van der Waals surface area contributed by atoms with Gasteiger partial charge in [-0.05, 0) is 41.7 Å². The van der Waals surface area contributed by atoms with Gasteiger partial charge in [0.05, 0.1) is 6.54 Å². The molecule has 2 aromatic carbocycles. The monoisotopic (exact) mass is 385 g/mol. The first-order valence-electron chi connectivity index (χ1n) is 9.37. The lowest BCUT2D eigenvalue weighted by molar-refractivity contribution is -0.0414. The lowest BCUT2D eigenvalue weighted by Crippen LogP contribution is -2.42. The van der Waals surface area contributed by atoms with Gasteiger partial charge in [0.25, 0.3) is 5.91 Å². The fourth-order valence-electron chi connectivity index (χ4n) is 2.59. The van der Waals surface area contributed by atoms with Crippen LogP contribution in [0.15, 0.2) is 48.5 Å². The summed E-state index contributed by atoms with van der Waals surface area (Å²) < 4.78 is 0. The van der Waals surface area contributed by atoms with Crippen LogP contribution in [0, 0.1) is 0 Å². The fourth-order valence-corrected chi connectivity index (χ4v) is 2.59. The molecule has 150 valence electrons. The van der Waals surface area contributed by atoms with Crippen molar-refractivity contribution in [3.8, 4) is 11.1 Å². The highest BCUT2D eigenvalue weighted by atomic mass is 16.5. The van der Waals surface area contributed by atoms with Crippen molar-refractivity contribution in [2.45, 2.75) is 19.8 Å². The number of aliphatic hydroxyl groups is 1. The van der Waals surface area contributed by atoms with Gasteiger partial charge in [-0.2, -0.15) is 0 Å². The lowest BCUT2D eigenvalue weighted by atomic mass is 10.0. The molecular weight excluding hydrogens is 358 g/mol. The Kier molecular flexibility index (Phi) is 8.45. The largest absolute Gasteiger partial charge is 0.396 e.